The van der Waals surface area contributed by atoms with Gasteiger partial charge in [-0.2, -0.15) is 0 Å². The molecule has 0 unspecified atom stereocenters. The monoisotopic (exact) mass is 304 g/mol. The maximum Gasteiger partial charge on any atom is 0.231 e. The van der Waals surface area contributed by atoms with Gasteiger partial charge in [-0.1, -0.05) is 24.1 Å². The fourth-order valence-electron chi connectivity index (χ4n) is 2.65. The van der Waals surface area contributed by atoms with Gasteiger partial charge in [0, 0.05) is 18.9 Å². The molecule has 5 nitrogen and oxygen atoms in total. The molecule has 1 aliphatic rings. The molecule has 0 aliphatic heterocycles. The molecule has 0 saturated heterocycles. The smallest absolute Gasteiger partial charge is 0.231 e. The van der Waals surface area contributed by atoms with Gasteiger partial charge in [-0.25, -0.2) is 4.98 Å². The minimum Gasteiger partial charge on any atom is -0.329 e. The molecule has 3 N–H and O–H groups in total. The molecule has 1 aromatic heterocycles. The fourth-order valence-corrected chi connectivity index (χ4v) is 2.92. The van der Waals surface area contributed by atoms with Crippen molar-refractivity contribution in [2.75, 3.05) is 11.9 Å². The number of carbonyl (C=O) groups is 1. The van der Waals surface area contributed by atoms with Gasteiger partial charge in [0.15, 0.2) is 0 Å². The third-order valence-corrected chi connectivity index (χ3v) is 4.49. The lowest BCUT2D eigenvalue weighted by Crippen LogP contribution is -2.47. The van der Waals surface area contributed by atoms with Crippen LogP contribution in [0.1, 0.15) is 19.3 Å². The third-order valence-electron chi connectivity index (χ3n) is 4.18. The average molecular weight is 305 g/mol. The first kappa shape index (κ1) is 14.1. The quantitative estimate of drug-likeness (QED) is 0.912. The van der Waals surface area contributed by atoms with Crippen LogP contribution >= 0.6 is 11.6 Å². The number of para-hydroxylation sites is 1. The van der Waals surface area contributed by atoms with Crippen LogP contribution in [0, 0.1) is 5.41 Å². The zero-order valence-electron chi connectivity index (χ0n) is 11.6. The van der Waals surface area contributed by atoms with Gasteiger partial charge >= 0.3 is 0 Å². The van der Waals surface area contributed by atoms with Crippen molar-refractivity contribution in [1.29, 1.82) is 0 Å². The second kappa shape index (κ2) is 5.50. The fraction of sp³-hybridized carbons (Fsp3) is 0.333. The molecule has 1 aromatic carbocycles. The second-order valence-corrected chi connectivity index (χ2v) is 5.81. The number of anilines is 1. The summed E-state index contributed by atoms with van der Waals surface area (Å²) < 4.78 is 1.79. The Morgan fingerprint density at radius 1 is 1.48 bits per heavy atom. The molecule has 6 heteroatoms. The van der Waals surface area contributed by atoms with Gasteiger partial charge in [-0.3, -0.25) is 4.79 Å². The number of aromatic nitrogens is 2. The van der Waals surface area contributed by atoms with E-state index in [1.165, 1.54) is 0 Å². The zero-order chi connectivity index (χ0) is 14.9. The van der Waals surface area contributed by atoms with Crippen molar-refractivity contribution in [3.05, 3.63) is 41.9 Å². The van der Waals surface area contributed by atoms with E-state index >= 15 is 0 Å². The van der Waals surface area contributed by atoms with Crippen LogP contribution in [0.5, 0.6) is 0 Å². The molecular weight excluding hydrogens is 288 g/mol. The van der Waals surface area contributed by atoms with E-state index in [9.17, 15) is 4.79 Å². The molecule has 1 aliphatic carbocycles. The first-order chi connectivity index (χ1) is 10.2. The molecule has 1 saturated carbocycles. The molecule has 1 amide bonds. The number of hydrogen-bond acceptors (Lipinski definition) is 3. The molecular formula is C15H17ClN4O. The van der Waals surface area contributed by atoms with Crippen molar-refractivity contribution in [2.45, 2.75) is 19.3 Å². The van der Waals surface area contributed by atoms with Crippen LogP contribution in [0.3, 0.4) is 0 Å². The molecule has 1 heterocycles. The summed E-state index contributed by atoms with van der Waals surface area (Å²) in [6.45, 7) is 0.375. The van der Waals surface area contributed by atoms with Gasteiger partial charge in [0.1, 0.15) is 0 Å². The second-order valence-electron chi connectivity index (χ2n) is 5.40. The van der Waals surface area contributed by atoms with Gasteiger partial charge in [0.2, 0.25) is 5.91 Å². The summed E-state index contributed by atoms with van der Waals surface area (Å²) in [7, 11) is 0. The van der Waals surface area contributed by atoms with Gasteiger partial charge in [-0.15, -0.1) is 0 Å². The van der Waals surface area contributed by atoms with Gasteiger partial charge in [0.25, 0.3) is 0 Å². The molecule has 2 aromatic rings. The van der Waals surface area contributed by atoms with E-state index in [2.05, 4.69) is 10.3 Å². The van der Waals surface area contributed by atoms with E-state index in [0.717, 1.165) is 24.9 Å². The molecule has 0 spiro atoms. The van der Waals surface area contributed by atoms with Crippen molar-refractivity contribution >= 4 is 23.2 Å². The topological polar surface area (TPSA) is 72.9 Å². The number of hydrogen-bond donors (Lipinski definition) is 2. The van der Waals surface area contributed by atoms with Crippen LogP contribution in [0.4, 0.5) is 5.69 Å². The van der Waals surface area contributed by atoms with E-state index in [0.29, 0.717) is 17.3 Å². The van der Waals surface area contributed by atoms with E-state index in [-0.39, 0.29) is 5.91 Å². The Hall–Kier alpha value is -1.85. The Labute approximate surface area is 128 Å². The van der Waals surface area contributed by atoms with Crippen molar-refractivity contribution in [3.8, 4) is 5.69 Å². The van der Waals surface area contributed by atoms with E-state index in [1.807, 2.05) is 12.1 Å². The van der Waals surface area contributed by atoms with Crippen LogP contribution in [-0.2, 0) is 4.79 Å². The average Bonchev–Trinajstić information content (AvgIpc) is 2.92. The number of nitrogens with zero attached hydrogens (tertiary/aromatic N) is 2. The summed E-state index contributed by atoms with van der Waals surface area (Å²) in [4.78, 5) is 16.5. The first-order valence-corrected chi connectivity index (χ1v) is 7.32. The minimum absolute atomic E-state index is 0.0279. The third kappa shape index (κ3) is 2.43. The highest BCUT2D eigenvalue weighted by Crippen LogP contribution is 2.41. The minimum atomic E-state index is -0.422. The highest BCUT2D eigenvalue weighted by Gasteiger charge is 2.43. The number of nitrogens with two attached hydrogens (primary N) is 1. The van der Waals surface area contributed by atoms with E-state index in [4.69, 9.17) is 17.3 Å². The largest absolute Gasteiger partial charge is 0.329 e. The summed E-state index contributed by atoms with van der Waals surface area (Å²) in [5.41, 5.74) is 6.75. The lowest BCUT2D eigenvalue weighted by atomic mass is 9.68. The summed E-state index contributed by atoms with van der Waals surface area (Å²) in [5.74, 6) is -0.0279. The van der Waals surface area contributed by atoms with E-state index < -0.39 is 5.41 Å². The predicted octanol–water partition coefficient (Wildman–Crippen LogP) is 2.59. The normalized spacial score (nSPS) is 16.3. The number of halogens is 1. The summed E-state index contributed by atoms with van der Waals surface area (Å²) in [6.07, 6.45) is 7.85. The molecule has 110 valence electrons. The number of rotatable bonds is 4. The first-order valence-electron chi connectivity index (χ1n) is 6.95. The van der Waals surface area contributed by atoms with Crippen LogP contribution in [0.25, 0.3) is 5.69 Å². The maximum absolute atomic E-state index is 12.5. The standard InChI is InChI=1S/C15H17ClN4O/c16-11-3-1-4-12(13(11)20-8-7-18-10-20)19-14(21)15(9-17)5-2-6-15/h1,3-4,7-8,10H,2,5-6,9,17H2,(H,19,21). The van der Waals surface area contributed by atoms with Crippen LogP contribution < -0.4 is 11.1 Å². The number of benzene rings is 1. The van der Waals surface area contributed by atoms with Crippen LogP contribution in [0.15, 0.2) is 36.9 Å². The van der Waals surface area contributed by atoms with Crippen LogP contribution in [-0.4, -0.2) is 22.0 Å². The lowest BCUT2D eigenvalue weighted by Gasteiger charge is -2.39. The van der Waals surface area contributed by atoms with Crippen molar-refractivity contribution in [3.63, 3.8) is 0 Å². The number of imidazole rings is 1. The Bertz CT molecular complexity index is 644. The Balaban J connectivity index is 1.93. The predicted molar refractivity (Wildman–Crippen MR) is 82.5 cm³/mol. The van der Waals surface area contributed by atoms with Crippen molar-refractivity contribution in [1.82, 2.24) is 9.55 Å². The highest BCUT2D eigenvalue weighted by molar-refractivity contribution is 6.33. The van der Waals surface area contributed by atoms with Crippen molar-refractivity contribution in [2.24, 2.45) is 11.1 Å². The Morgan fingerprint density at radius 2 is 2.29 bits per heavy atom. The Kier molecular flexibility index (Phi) is 3.69. The maximum atomic E-state index is 12.5. The highest BCUT2D eigenvalue weighted by atomic mass is 35.5. The Morgan fingerprint density at radius 3 is 2.86 bits per heavy atom. The molecule has 0 atom stereocenters. The zero-order valence-corrected chi connectivity index (χ0v) is 12.3. The molecule has 0 radical (unpaired) electrons. The summed E-state index contributed by atoms with van der Waals surface area (Å²) in [6, 6.07) is 5.44. The molecule has 21 heavy (non-hydrogen) atoms. The van der Waals surface area contributed by atoms with Gasteiger partial charge < -0.3 is 15.6 Å². The number of amides is 1. The SMILES string of the molecule is NCC1(C(=O)Nc2cccc(Cl)c2-n2ccnc2)CCC1. The summed E-state index contributed by atoms with van der Waals surface area (Å²) >= 11 is 6.28. The number of nitrogens with one attached hydrogen (secondary N) is 1. The molecule has 1 fully saturated rings. The summed E-state index contributed by atoms with van der Waals surface area (Å²) in [5, 5.41) is 3.54. The van der Waals surface area contributed by atoms with Crippen molar-refractivity contribution < 1.29 is 4.79 Å². The van der Waals surface area contributed by atoms with Gasteiger partial charge in [0.05, 0.1) is 28.1 Å². The van der Waals surface area contributed by atoms with Gasteiger partial charge in [-0.05, 0) is 25.0 Å². The molecule has 3 rings (SSSR count). The van der Waals surface area contributed by atoms with E-state index in [1.54, 1.807) is 29.4 Å². The number of carbonyl (C=O) groups excluding carboxylic acids is 1. The molecule has 0 bridgehead atoms. The lowest BCUT2D eigenvalue weighted by molar-refractivity contribution is -0.129. The van der Waals surface area contributed by atoms with Crippen LogP contribution in [0.2, 0.25) is 5.02 Å².